The van der Waals surface area contributed by atoms with Crippen molar-refractivity contribution in [3.63, 3.8) is 0 Å². The van der Waals surface area contributed by atoms with E-state index in [0.717, 1.165) is 36.3 Å². The Labute approximate surface area is 147 Å². The van der Waals surface area contributed by atoms with E-state index in [2.05, 4.69) is 17.0 Å². The Balaban J connectivity index is 2.53. The Morgan fingerprint density at radius 3 is 2.58 bits per heavy atom. The van der Waals surface area contributed by atoms with Gasteiger partial charge in [0.15, 0.2) is 5.65 Å². The second-order valence-corrected chi connectivity index (χ2v) is 8.75. The van der Waals surface area contributed by atoms with Gasteiger partial charge in [-0.1, -0.05) is 13.3 Å². The molecule has 8 heteroatoms. The third kappa shape index (κ3) is 4.20. The van der Waals surface area contributed by atoms with E-state index in [9.17, 15) is 4.57 Å². The molecule has 6 nitrogen and oxygen atoms in total. The van der Waals surface area contributed by atoms with Gasteiger partial charge in [0.25, 0.3) is 0 Å². The molecule has 0 aliphatic rings. The highest BCUT2D eigenvalue weighted by molar-refractivity contribution is 8.04. The summed E-state index contributed by atoms with van der Waals surface area (Å²) in [5.74, 6) is 0. The van der Waals surface area contributed by atoms with Gasteiger partial charge in [0.2, 0.25) is 0 Å². The zero-order chi connectivity index (χ0) is 17.6. The summed E-state index contributed by atoms with van der Waals surface area (Å²) in [4.78, 5) is 4.20. The fourth-order valence-electron chi connectivity index (χ4n) is 2.60. The van der Waals surface area contributed by atoms with Gasteiger partial charge >= 0.3 is 7.60 Å². The molecule has 0 aliphatic carbocycles. The topological polar surface area (TPSA) is 65.7 Å². The van der Waals surface area contributed by atoms with Crippen molar-refractivity contribution >= 4 is 25.0 Å². The summed E-state index contributed by atoms with van der Waals surface area (Å²) in [5.41, 5.74) is 2.56. The van der Waals surface area contributed by atoms with E-state index in [0.29, 0.717) is 13.2 Å². The summed E-state index contributed by atoms with van der Waals surface area (Å²) in [6, 6.07) is 3.85. The first-order chi connectivity index (χ1) is 11.6. The maximum Gasteiger partial charge on any atom is 0.349 e. The predicted octanol–water partition coefficient (Wildman–Crippen LogP) is 4.70. The van der Waals surface area contributed by atoms with Crippen LogP contribution in [0.4, 0.5) is 0 Å². The molecule has 0 saturated carbocycles. The molecule has 1 atom stereocenters. The molecule has 0 saturated heterocycles. The number of unbranched alkanes of at least 4 members (excludes halogenated alkanes) is 1. The highest BCUT2D eigenvalue weighted by Gasteiger charge is 2.38. The second kappa shape index (κ2) is 8.99. The Morgan fingerprint density at radius 2 is 2.00 bits per heavy atom. The highest BCUT2D eigenvalue weighted by atomic mass is 32.2. The molecule has 0 fully saturated rings. The average Bonchev–Trinajstić information content (AvgIpc) is 3.02. The van der Waals surface area contributed by atoms with Crippen LogP contribution in [-0.2, 0) is 20.0 Å². The largest absolute Gasteiger partial charge is 0.349 e. The number of thioether (sulfide) groups is 1. The third-order valence-electron chi connectivity index (χ3n) is 3.61. The van der Waals surface area contributed by atoms with Crippen molar-refractivity contribution in [1.29, 1.82) is 0 Å². The molecular weight excluding hydrogens is 345 g/mol. The molecule has 2 heterocycles. The van der Waals surface area contributed by atoms with E-state index in [1.807, 2.05) is 32.2 Å². The van der Waals surface area contributed by atoms with Crippen LogP contribution in [0.15, 0.2) is 18.3 Å². The van der Waals surface area contributed by atoms with Crippen molar-refractivity contribution in [3.8, 4) is 0 Å². The molecule has 2 rings (SSSR count). The minimum absolute atomic E-state index is 0.338. The van der Waals surface area contributed by atoms with Crippen LogP contribution < -0.4 is 0 Å². The summed E-state index contributed by atoms with van der Waals surface area (Å²) in [5, 5.41) is 4.35. The van der Waals surface area contributed by atoms with Gasteiger partial charge < -0.3 is 9.05 Å². The lowest BCUT2D eigenvalue weighted by Crippen LogP contribution is -2.10. The van der Waals surface area contributed by atoms with Gasteiger partial charge in [-0.15, -0.1) is 11.8 Å². The van der Waals surface area contributed by atoms with Crippen LogP contribution in [0, 0.1) is 0 Å². The van der Waals surface area contributed by atoms with Crippen LogP contribution in [0.5, 0.6) is 0 Å². The van der Waals surface area contributed by atoms with Gasteiger partial charge in [0, 0.05) is 11.8 Å². The van der Waals surface area contributed by atoms with Crippen molar-refractivity contribution < 1.29 is 13.6 Å². The number of nitrogens with zero attached hydrogens (tertiary/aromatic N) is 3. The minimum atomic E-state index is -3.30. The van der Waals surface area contributed by atoms with Gasteiger partial charge in [-0.25, -0.2) is 9.50 Å². The first-order valence-corrected chi connectivity index (χ1v) is 11.2. The second-order valence-electron chi connectivity index (χ2n) is 5.34. The fourth-order valence-corrected chi connectivity index (χ4v) is 5.98. The summed E-state index contributed by atoms with van der Waals surface area (Å²) < 4.78 is 26.2. The molecule has 2 aromatic rings. The Morgan fingerprint density at radius 1 is 1.29 bits per heavy atom. The highest BCUT2D eigenvalue weighted by Crippen LogP contribution is 2.65. The van der Waals surface area contributed by atoms with E-state index in [-0.39, 0.29) is 0 Å². The van der Waals surface area contributed by atoms with Crippen LogP contribution in [0.2, 0.25) is 0 Å². The maximum absolute atomic E-state index is 13.3. The molecule has 134 valence electrons. The lowest BCUT2D eigenvalue weighted by atomic mass is 10.2. The average molecular weight is 371 g/mol. The van der Waals surface area contributed by atoms with Crippen LogP contribution >= 0.6 is 19.4 Å². The van der Waals surface area contributed by atoms with E-state index in [4.69, 9.17) is 9.05 Å². The fraction of sp³-hybridized carbons (Fsp3) is 0.625. The van der Waals surface area contributed by atoms with Gasteiger partial charge in [-0.2, -0.15) is 5.10 Å². The number of hydrogen-bond acceptors (Lipinski definition) is 6. The van der Waals surface area contributed by atoms with Crippen LogP contribution in [0.25, 0.3) is 5.65 Å². The molecular formula is C16H26N3O3PS. The maximum atomic E-state index is 13.3. The lowest BCUT2D eigenvalue weighted by Gasteiger charge is -2.25. The quantitative estimate of drug-likeness (QED) is 0.564. The van der Waals surface area contributed by atoms with Gasteiger partial charge in [-0.3, -0.25) is 4.57 Å². The van der Waals surface area contributed by atoms with Crippen molar-refractivity contribution in [1.82, 2.24) is 14.6 Å². The smallest absolute Gasteiger partial charge is 0.308 e. The SMILES string of the molecule is CCCCc1cc(C(SC)P(=O)(OCC)OCC)n2nccc2n1. The third-order valence-corrected chi connectivity index (χ3v) is 7.78. The summed E-state index contributed by atoms with van der Waals surface area (Å²) >= 11 is 1.46. The van der Waals surface area contributed by atoms with E-state index in [1.165, 1.54) is 11.8 Å². The molecule has 2 aromatic heterocycles. The van der Waals surface area contributed by atoms with Crippen molar-refractivity contribution in [2.24, 2.45) is 0 Å². The summed E-state index contributed by atoms with van der Waals surface area (Å²) in [6.07, 6.45) is 6.68. The number of aromatic nitrogens is 3. The molecule has 0 aromatic carbocycles. The molecule has 1 unspecified atom stereocenters. The number of hydrogen-bond donors (Lipinski definition) is 0. The lowest BCUT2D eigenvalue weighted by molar-refractivity contribution is 0.218. The van der Waals surface area contributed by atoms with Gasteiger partial charge in [-0.05, 0) is 39.0 Å². The Hall–Kier alpha value is -0.880. The molecule has 24 heavy (non-hydrogen) atoms. The van der Waals surface area contributed by atoms with E-state index >= 15 is 0 Å². The Bertz CT molecular complexity index is 697. The first-order valence-electron chi connectivity index (χ1n) is 8.34. The Kier molecular flexibility index (Phi) is 7.29. The van der Waals surface area contributed by atoms with Crippen LogP contribution in [-0.4, -0.2) is 34.1 Å². The molecule has 0 bridgehead atoms. The normalized spacial score (nSPS) is 13.5. The van der Waals surface area contributed by atoms with E-state index < -0.39 is 12.6 Å². The molecule has 0 aliphatic heterocycles. The molecule has 0 N–H and O–H groups in total. The van der Waals surface area contributed by atoms with Crippen LogP contribution in [0.3, 0.4) is 0 Å². The number of fused-ring (bicyclic) bond motifs is 1. The summed E-state index contributed by atoms with van der Waals surface area (Å²) in [7, 11) is -3.30. The van der Waals surface area contributed by atoms with Crippen LogP contribution in [0.1, 0.15) is 50.0 Å². The monoisotopic (exact) mass is 371 g/mol. The van der Waals surface area contributed by atoms with Gasteiger partial charge in [0.1, 0.15) is 4.99 Å². The van der Waals surface area contributed by atoms with Crippen molar-refractivity contribution in [2.45, 2.75) is 45.0 Å². The first kappa shape index (κ1) is 19.4. The molecule has 0 radical (unpaired) electrons. The molecule has 0 spiro atoms. The zero-order valence-corrected chi connectivity index (χ0v) is 16.5. The predicted molar refractivity (Wildman–Crippen MR) is 98.7 cm³/mol. The summed E-state index contributed by atoms with van der Waals surface area (Å²) in [6.45, 7) is 6.48. The van der Waals surface area contributed by atoms with Gasteiger partial charge in [0.05, 0.1) is 25.1 Å². The zero-order valence-electron chi connectivity index (χ0n) is 14.8. The van der Waals surface area contributed by atoms with Crippen molar-refractivity contribution in [2.75, 3.05) is 19.5 Å². The molecule has 0 amide bonds. The van der Waals surface area contributed by atoms with Crippen molar-refractivity contribution in [3.05, 3.63) is 29.7 Å². The standard InChI is InChI=1S/C16H26N3O3PS/c1-5-8-9-13-12-14(19-15(18-13)10-11-17-19)16(24-4)23(20,21-6-2)22-7-3/h10-12,16H,5-9H2,1-4H3. The number of rotatable bonds is 10. The van der Waals surface area contributed by atoms with E-state index in [1.54, 1.807) is 10.7 Å². The minimum Gasteiger partial charge on any atom is -0.308 e. The number of aryl methyl sites for hydroxylation is 1.